The van der Waals surface area contributed by atoms with Gasteiger partial charge in [0.05, 0.1) is 12.7 Å². The molecule has 0 saturated carbocycles. The van der Waals surface area contributed by atoms with Gasteiger partial charge in [-0.2, -0.15) is 0 Å². The zero-order valence-corrected chi connectivity index (χ0v) is 11.9. The number of aromatic nitrogens is 1. The first-order valence-corrected chi connectivity index (χ1v) is 7.41. The molecule has 0 radical (unpaired) electrons. The maximum atomic E-state index is 14.0. The van der Waals surface area contributed by atoms with Gasteiger partial charge in [-0.15, -0.1) is 0 Å². The number of benzene rings is 1. The SMILES string of the molecule is Cc1cnc(CNS(=O)(=O)c2ccc(F)c(CN)c2F)o1. The molecule has 2 rings (SSSR count). The van der Waals surface area contributed by atoms with E-state index in [1.54, 1.807) is 6.92 Å². The first-order valence-electron chi connectivity index (χ1n) is 5.93. The first kappa shape index (κ1) is 15.5. The van der Waals surface area contributed by atoms with E-state index in [0.29, 0.717) is 5.76 Å². The van der Waals surface area contributed by atoms with Gasteiger partial charge in [0.15, 0.2) is 5.82 Å². The predicted octanol–water partition coefficient (Wildman–Crippen LogP) is 1.20. The highest BCUT2D eigenvalue weighted by Gasteiger charge is 2.23. The van der Waals surface area contributed by atoms with Gasteiger partial charge < -0.3 is 10.2 Å². The monoisotopic (exact) mass is 317 g/mol. The highest BCUT2D eigenvalue weighted by molar-refractivity contribution is 7.89. The molecule has 3 N–H and O–H groups in total. The van der Waals surface area contributed by atoms with E-state index in [1.807, 2.05) is 0 Å². The Morgan fingerprint density at radius 1 is 1.38 bits per heavy atom. The summed E-state index contributed by atoms with van der Waals surface area (Å²) in [5.74, 6) is -1.44. The molecule has 0 saturated heterocycles. The van der Waals surface area contributed by atoms with Crippen molar-refractivity contribution < 1.29 is 21.6 Å². The molecule has 21 heavy (non-hydrogen) atoms. The summed E-state index contributed by atoms with van der Waals surface area (Å²) in [6.07, 6.45) is 1.43. The van der Waals surface area contributed by atoms with E-state index in [4.69, 9.17) is 10.2 Å². The summed E-state index contributed by atoms with van der Waals surface area (Å²) in [5.41, 5.74) is 4.73. The molecule has 0 aliphatic heterocycles. The second-order valence-corrected chi connectivity index (χ2v) is 5.97. The molecule has 0 atom stereocenters. The summed E-state index contributed by atoms with van der Waals surface area (Å²) >= 11 is 0. The van der Waals surface area contributed by atoms with Crippen LogP contribution in [0.3, 0.4) is 0 Å². The Morgan fingerprint density at radius 2 is 2.10 bits per heavy atom. The number of hydrogen-bond acceptors (Lipinski definition) is 5. The zero-order valence-electron chi connectivity index (χ0n) is 11.1. The predicted molar refractivity (Wildman–Crippen MR) is 69.5 cm³/mol. The highest BCUT2D eigenvalue weighted by atomic mass is 32.2. The molecule has 9 heteroatoms. The second kappa shape index (κ2) is 5.88. The molecule has 114 valence electrons. The number of oxazole rings is 1. The van der Waals surface area contributed by atoms with Crippen LogP contribution in [0.25, 0.3) is 0 Å². The molecule has 0 aliphatic rings. The minimum absolute atomic E-state index is 0.137. The Bertz CT molecular complexity index is 759. The van der Waals surface area contributed by atoms with Gasteiger partial charge in [-0.1, -0.05) is 0 Å². The molecule has 0 bridgehead atoms. The van der Waals surface area contributed by atoms with Gasteiger partial charge in [-0.25, -0.2) is 26.9 Å². The molecule has 0 spiro atoms. The van der Waals surface area contributed by atoms with Gasteiger partial charge in [0.25, 0.3) is 0 Å². The van der Waals surface area contributed by atoms with Crippen LogP contribution in [0, 0.1) is 18.6 Å². The highest BCUT2D eigenvalue weighted by Crippen LogP contribution is 2.20. The van der Waals surface area contributed by atoms with Gasteiger partial charge in [-0.3, -0.25) is 0 Å². The normalized spacial score (nSPS) is 11.8. The summed E-state index contributed by atoms with van der Waals surface area (Å²) in [7, 11) is -4.18. The number of halogens is 2. The van der Waals surface area contributed by atoms with Gasteiger partial charge in [-0.05, 0) is 19.1 Å². The molecule has 1 heterocycles. The maximum Gasteiger partial charge on any atom is 0.243 e. The number of nitrogens with two attached hydrogens (primary N) is 1. The van der Waals surface area contributed by atoms with Crippen LogP contribution in [0.15, 0.2) is 27.6 Å². The molecule has 1 aromatic carbocycles. The van der Waals surface area contributed by atoms with Crippen molar-refractivity contribution in [1.82, 2.24) is 9.71 Å². The van der Waals surface area contributed by atoms with E-state index < -0.39 is 38.7 Å². The van der Waals surface area contributed by atoms with Crippen molar-refractivity contribution in [2.24, 2.45) is 5.73 Å². The Balaban J connectivity index is 2.27. The number of aryl methyl sites for hydroxylation is 1. The van der Waals surface area contributed by atoms with Crippen molar-refractivity contribution in [3.05, 3.63) is 47.2 Å². The Morgan fingerprint density at radius 3 is 2.67 bits per heavy atom. The number of nitrogens with one attached hydrogen (secondary N) is 1. The lowest BCUT2D eigenvalue weighted by Crippen LogP contribution is -2.25. The van der Waals surface area contributed by atoms with Gasteiger partial charge >= 0.3 is 0 Å². The van der Waals surface area contributed by atoms with E-state index >= 15 is 0 Å². The van der Waals surface area contributed by atoms with Crippen molar-refractivity contribution in [2.45, 2.75) is 24.9 Å². The average Bonchev–Trinajstić information content (AvgIpc) is 2.83. The number of sulfonamides is 1. The number of nitrogens with zero attached hydrogens (tertiary/aromatic N) is 1. The molecular formula is C12H13F2N3O3S. The third-order valence-electron chi connectivity index (χ3n) is 2.73. The van der Waals surface area contributed by atoms with Crippen molar-refractivity contribution >= 4 is 10.0 Å². The quantitative estimate of drug-likeness (QED) is 0.863. The Kier molecular flexibility index (Phi) is 4.35. The number of hydrogen-bond donors (Lipinski definition) is 2. The van der Waals surface area contributed by atoms with E-state index in [9.17, 15) is 17.2 Å². The molecule has 0 fully saturated rings. The summed E-state index contributed by atoms with van der Waals surface area (Å²) in [6, 6.07) is 1.70. The molecule has 0 amide bonds. The van der Waals surface area contributed by atoms with Gasteiger partial charge in [0.1, 0.15) is 16.5 Å². The Labute approximate surface area is 120 Å². The molecule has 6 nitrogen and oxygen atoms in total. The van der Waals surface area contributed by atoms with Crippen LogP contribution >= 0.6 is 0 Å². The lowest BCUT2D eigenvalue weighted by Gasteiger charge is -2.09. The minimum Gasteiger partial charge on any atom is -0.445 e. The van der Waals surface area contributed by atoms with Crippen LogP contribution in [0.4, 0.5) is 8.78 Å². The van der Waals surface area contributed by atoms with Gasteiger partial charge in [0.2, 0.25) is 15.9 Å². The summed E-state index contributed by atoms with van der Waals surface area (Å²) in [5, 5.41) is 0. The topological polar surface area (TPSA) is 98.2 Å². The third-order valence-corrected chi connectivity index (χ3v) is 4.15. The smallest absolute Gasteiger partial charge is 0.243 e. The lowest BCUT2D eigenvalue weighted by atomic mass is 10.2. The summed E-state index contributed by atoms with van der Waals surface area (Å²) in [6.45, 7) is 0.961. The fourth-order valence-corrected chi connectivity index (χ4v) is 2.76. The lowest BCUT2D eigenvalue weighted by molar-refractivity contribution is 0.462. The van der Waals surface area contributed by atoms with Crippen LogP contribution in [-0.4, -0.2) is 13.4 Å². The standard InChI is InChI=1S/C12H13F2N3O3S/c1-7-5-16-11(20-7)6-17-21(18,19)10-3-2-9(13)8(4-15)12(10)14/h2-3,5,17H,4,6,15H2,1H3. The van der Waals surface area contributed by atoms with E-state index in [2.05, 4.69) is 9.71 Å². The second-order valence-electron chi connectivity index (χ2n) is 4.23. The van der Waals surface area contributed by atoms with Crippen LogP contribution in [0.1, 0.15) is 17.2 Å². The molecule has 1 aromatic heterocycles. The van der Waals surface area contributed by atoms with Gasteiger partial charge in [0, 0.05) is 12.1 Å². The largest absolute Gasteiger partial charge is 0.445 e. The molecule has 2 aromatic rings. The fraction of sp³-hybridized carbons (Fsp3) is 0.250. The van der Waals surface area contributed by atoms with Crippen LogP contribution in [0.5, 0.6) is 0 Å². The van der Waals surface area contributed by atoms with Crippen LogP contribution < -0.4 is 10.5 Å². The minimum atomic E-state index is -4.18. The maximum absolute atomic E-state index is 14.0. The zero-order chi connectivity index (χ0) is 15.6. The third kappa shape index (κ3) is 3.26. The fourth-order valence-electron chi connectivity index (χ4n) is 1.69. The van der Waals surface area contributed by atoms with Crippen LogP contribution in [-0.2, 0) is 23.1 Å². The Hall–Kier alpha value is -1.84. The summed E-state index contributed by atoms with van der Waals surface area (Å²) < 4.78 is 58.6. The molecule has 0 aliphatic carbocycles. The molecule has 0 unspecified atom stereocenters. The van der Waals surface area contributed by atoms with Crippen molar-refractivity contribution in [2.75, 3.05) is 0 Å². The average molecular weight is 317 g/mol. The van der Waals surface area contributed by atoms with E-state index in [0.717, 1.165) is 12.1 Å². The van der Waals surface area contributed by atoms with Crippen LogP contribution in [0.2, 0.25) is 0 Å². The van der Waals surface area contributed by atoms with Crippen molar-refractivity contribution in [3.63, 3.8) is 0 Å². The summed E-state index contributed by atoms with van der Waals surface area (Å²) in [4.78, 5) is 3.14. The first-order chi connectivity index (χ1) is 9.85. The van der Waals surface area contributed by atoms with Crippen molar-refractivity contribution in [1.29, 1.82) is 0 Å². The van der Waals surface area contributed by atoms with E-state index in [1.165, 1.54) is 6.20 Å². The number of rotatable bonds is 5. The molecular weight excluding hydrogens is 304 g/mol. The van der Waals surface area contributed by atoms with Crippen molar-refractivity contribution in [3.8, 4) is 0 Å². The van der Waals surface area contributed by atoms with E-state index in [-0.39, 0.29) is 12.4 Å².